The number of primary amides is 1. The van der Waals surface area contributed by atoms with E-state index in [4.69, 9.17) is 15.6 Å². The van der Waals surface area contributed by atoms with Gasteiger partial charge in [0.2, 0.25) is 11.8 Å². The molecular weight excluding hydrogens is 877 g/mol. The molecular formula is C52H56N10O7. The number of fused-ring (bicyclic) bond motifs is 2. The smallest absolute Gasteiger partial charge is 0.264 e. The molecule has 5 aliphatic rings. The zero-order valence-corrected chi connectivity index (χ0v) is 38.3. The predicted octanol–water partition coefficient (Wildman–Crippen LogP) is 5.42. The summed E-state index contributed by atoms with van der Waals surface area (Å²) in [4.78, 5) is 82.7. The number of imide groups is 2. The average Bonchev–Trinajstić information content (AvgIpc) is 3.89. The van der Waals surface area contributed by atoms with E-state index in [1.54, 1.807) is 18.2 Å². The summed E-state index contributed by atoms with van der Waals surface area (Å²) in [7, 11) is 0. The van der Waals surface area contributed by atoms with Crippen LogP contribution in [0.3, 0.4) is 0 Å². The van der Waals surface area contributed by atoms with Gasteiger partial charge < -0.3 is 31.3 Å². The summed E-state index contributed by atoms with van der Waals surface area (Å²) < 4.78 is 8.03. The lowest BCUT2D eigenvalue weighted by Gasteiger charge is -2.43. The molecule has 6 N–H and O–H groups in total. The van der Waals surface area contributed by atoms with E-state index in [1.165, 1.54) is 0 Å². The number of rotatable bonds is 14. The molecule has 1 aromatic heterocycles. The maximum absolute atomic E-state index is 13.4. The summed E-state index contributed by atoms with van der Waals surface area (Å²) in [6.07, 6.45) is 5.40. The molecule has 2 atom stereocenters. The molecule has 0 radical (unpaired) electrons. The first kappa shape index (κ1) is 45.4. The Labute approximate surface area is 399 Å². The maximum atomic E-state index is 13.4. The van der Waals surface area contributed by atoms with Crippen LogP contribution in [0.25, 0.3) is 11.3 Å². The summed E-state index contributed by atoms with van der Waals surface area (Å²) in [6.45, 7) is 6.21. The summed E-state index contributed by atoms with van der Waals surface area (Å²) >= 11 is 0. The van der Waals surface area contributed by atoms with Crippen molar-refractivity contribution in [3.05, 3.63) is 125 Å². The molecule has 0 spiro atoms. The second kappa shape index (κ2) is 19.7. The number of amides is 6. The number of nitrogens with two attached hydrogens (primary N) is 1. The number of aromatic nitrogens is 2. The second-order valence-electron chi connectivity index (χ2n) is 18.5. The monoisotopic (exact) mass is 932 g/mol. The van der Waals surface area contributed by atoms with Crippen LogP contribution in [0, 0.1) is 5.92 Å². The number of piperidine rings is 3. The number of carbonyl (C=O) groups is 6. The van der Waals surface area contributed by atoms with Gasteiger partial charge in [-0.15, -0.1) is 0 Å². The van der Waals surface area contributed by atoms with E-state index in [0.717, 1.165) is 93.1 Å². The molecule has 69 heavy (non-hydrogen) atoms. The number of carbonyl (C=O) groups excluding carboxylic acids is 6. The van der Waals surface area contributed by atoms with Crippen LogP contribution in [0.2, 0.25) is 0 Å². The van der Waals surface area contributed by atoms with Crippen molar-refractivity contribution in [2.45, 2.75) is 69.6 Å². The molecule has 17 nitrogen and oxygen atoms in total. The van der Waals surface area contributed by atoms with Gasteiger partial charge in [0.15, 0.2) is 0 Å². The largest absolute Gasteiger partial charge is 0.457 e. The quantitative estimate of drug-likeness (QED) is 0.0698. The highest BCUT2D eigenvalue weighted by molar-refractivity contribution is 6.25. The second-order valence-corrected chi connectivity index (χ2v) is 18.5. The maximum Gasteiger partial charge on any atom is 0.264 e. The van der Waals surface area contributed by atoms with E-state index < -0.39 is 35.6 Å². The number of hydrogen-bond donors (Lipinski definition) is 5. The van der Waals surface area contributed by atoms with Gasteiger partial charge in [-0.05, 0) is 137 Å². The SMILES string of the molecule is NC(=O)c1c(-c2ccc(Oc3ccccc3)cc2)nn2c1NCC[C@H]2C1CCN(C2CCN(Cc3ccc(C(=O)NCCNc4cccc5c4C(=O)N(C4CCC(=O)NC4=O)C5=O)cc3)CC2)CC1. The molecule has 0 aliphatic carbocycles. The molecule has 0 saturated carbocycles. The Morgan fingerprint density at radius 3 is 2.23 bits per heavy atom. The van der Waals surface area contributed by atoms with Gasteiger partial charge >= 0.3 is 0 Å². The molecule has 356 valence electrons. The Hall–Kier alpha value is -7.37. The molecule has 6 heterocycles. The fraction of sp³-hybridized carbons (Fsp3) is 0.365. The number of hydrogen-bond acceptors (Lipinski definition) is 12. The third-order valence-electron chi connectivity index (χ3n) is 14.3. The lowest BCUT2D eigenvalue weighted by Crippen LogP contribution is -2.54. The molecule has 5 aromatic rings. The van der Waals surface area contributed by atoms with Gasteiger partial charge in [-0.2, -0.15) is 5.10 Å². The Bertz CT molecular complexity index is 2760. The first-order valence-electron chi connectivity index (χ1n) is 24.0. The molecule has 5 aliphatic heterocycles. The number of likely N-dealkylation sites (tertiary alicyclic amines) is 2. The summed E-state index contributed by atoms with van der Waals surface area (Å²) in [6, 6.07) is 29.5. The first-order valence-corrected chi connectivity index (χ1v) is 24.0. The summed E-state index contributed by atoms with van der Waals surface area (Å²) in [5.41, 5.74) is 10.3. The normalized spacial score (nSPS) is 20.2. The van der Waals surface area contributed by atoms with Gasteiger partial charge in [-0.25, -0.2) is 4.68 Å². The van der Waals surface area contributed by atoms with Gasteiger partial charge in [-0.3, -0.25) is 43.9 Å². The van der Waals surface area contributed by atoms with Crippen molar-refractivity contribution in [2.24, 2.45) is 11.7 Å². The van der Waals surface area contributed by atoms with E-state index in [0.29, 0.717) is 52.6 Å². The van der Waals surface area contributed by atoms with Crippen LogP contribution in [-0.2, 0) is 16.1 Å². The van der Waals surface area contributed by atoms with E-state index in [1.807, 2.05) is 83.5 Å². The number of ether oxygens (including phenoxy) is 1. The number of nitrogens with zero attached hydrogens (tertiary/aromatic N) is 5. The Kier molecular flexibility index (Phi) is 13.0. The molecule has 3 saturated heterocycles. The average molecular weight is 933 g/mol. The van der Waals surface area contributed by atoms with Gasteiger partial charge in [0.25, 0.3) is 23.6 Å². The van der Waals surface area contributed by atoms with Crippen LogP contribution in [0.4, 0.5) is 11.5 Å². The molecule has 0 bridgehead atoms. The molecule has 1 unspecified atom stereocenters. The minimum absolute atomic E-state index is 0.0461. The third-order valence-corrected chi connectivity index (χ3v) is 14.3. The summed E-state index contributed by atoms with van der Waals surface area (Å²) in [5.74, 6) is -0.359. The fourth-order valence-electron chi connectivity index (χ4n) is 10.8. The standard InChI is InChI=1S/C52H56N10O7/c53-47(64)45-46(34-13-15-38(16-14-34)69-37-5-2-1-3-6-37)58-62-41(19-24-55-48(45)62)33-20-29-60(30-21-33)36-22-27-59(28-23-36)31-32-9-11-35(12-10-32)49(65)56-26-25-54-40-8-4-7-39-44(40)52(68)61(51(39)67)42-17-18-43(63)57-50(42)66/h1-16,33,36,41-42,54-55H,17-31H2,(H2,53,64)(H,56,65)(H,57,63,66)/t41-,42?/m0/s1. The van der Waals surface area contributed by atoms with Gasteiger partial charge in [0.1, 0.15) is 34.6 Å². The minimum Gasteiger partial charge on any atom is -0.457 e. The van der Waals surface area contributed by atoms with Crippen molar-refractivity contribution in [3.63, 3.8) is 0 Å². The third kappa shape index (κ3) is 9.43. The lowest BCUT2D eigenvalue weighted by atomic mass is 9.85. The highest BCUT2D eigenvalue weighted by atomic mass is 16.5. The van der Waals surface area contributed by atoms with E-state index in [2.05, 4.69) is 31.1 Å². The number of anilines is 2. The predicted molar refractivity (Wildman–Crippen MR) is 258 cm³/mol. The van der Waals surface area contributed by atoms with Crippen LogP contribution in [0.15, 0.2) is 97.1 Å². The van der Waals surface area contributed by atoms with Crippen molar-refractivity contribution >= 4 is 46.9 Å². The summed E-state index contributed by atoms with van der Waals surface area (Å²) in [5, 5.41) is 16.8. The molecule has 17 heteroatoms. The minimum atomic E-state index is -1.04. The Morgan fingerprint density at radius 2 is 1.51 bits per heavy atom. The Morgan fingerprint density at radius 1 is 0.768 bits per heavy atom. The highest BCUT2D eigenvalue weighted by Crippen LogP contribution is 2.41. The van der Waals surface area contributed by atoms with E-state index in [9.17, 15) is 28.8 Å². The molecule has 6 amide bonds. The van der Waals surface area contributed by atoms with Gasteiger partial charge in [-0.1, -0.05) is 36.4 Å². The van der Waals surface area contributed by atoms with Crippen molar-refractivity contribution in [2.75, 3.05) is 56.4 Å². The van der Waals surface area contributed by atoms with Crippen LogP contribution in [0.5, 0.6) is 11.5 Å². The van der Waals surface area contributed by atoms with Crippen LogP contribution in [0.1, 0.15) is 98.0 Å². The van der Waals surface area contributed by atoms with Crippen molar-refractivity contribution < 1.29 is 33.5 Å². The first-order chi connectivity index (χ1) is 33.6. The van der Waals surface area contributed by atoms with Crippen molar-refractivity contribution in [3.8, 4) is 22.8 Å². The zero-order chi connectivity index (χ0) is 47.6. The van der Waals surface area contributed by atoms with Crippen LogP contribution >= 0.6 is 0 Å². The number of nitrogens with one attached hydrogen (secondary N) is 4. The van der Waals surface area contributed by atoms with Crippen LogP contribution in [-0.4, -0.2) is 118 Å². The van der Waals surface area contributed by atoms with E-state index in [-0.39, 0.29) is 42.5 Å². The van der Waals surface area contributed by atoms with Crippen LogP contribution < -0.4 is 31.7 Å². The lowest BCUT2D eigenvalue weighted by molar-refractivity contribution is -0.136. The molecule has 10 rings (SSSR count). The molecule has 4 aromatic carbocycles. The van der Waals surface area contributed by atoms with Crippen molar-refractivity contribution in [1.82, 2.24) is 35.1 Å². The molecule has 3 fully saturated rings. The highest BCUT2D eigenvalue weighted by Gasteiger charge is 2.46. The van der Waals surface area contributed by atoms with Gasteiger partial charge in [0, 0.05) is 55.5 Å². The number of benzene rings is 4. The Balaban J connectivity index is 0.669. The van der Waals surface area contributed by atoms with Gasteiger partial charge in [0.05, 0.1) is 17.2 Å². The van der Waals surface area contributed by atoms with Crippen molar-refractivity contribution in [1.29, 1.82) is 0 Å². The van der Waals surface area contributed by atoms with E-state index >= 15 is 0 Å². The topological polar surface area (TPSA) is 213 Å². The number of para-hydroxylation sites is 1. The fourth-order valence-corrected chi connectivity index (χ4v) is 10.8. The zero-order valence-electron chi connectivity index (χ0n) is 38.3.